The predicted octanol–water partition coefficient (Wildman–Crippen LogP) is 5.20. The van der Waals surface area contributed by atoms with Crippen LogP contribution in [0.2, 0.25) is 0 Å². The Hall–Kier alpha value is -4.45. The van der Waals surface area contributed by atoms with Gasteiger partial charge >= 0.3 is 6.03 Å². The molecule has 5 rings (SSSR count). The third-order valence-corrected chi connectivity index (χ3v) is 6.28. The van der Waals surface area contributed by atoms with Gasteiger partial charge in [-0.2, -0.15) is 5.26 Å². The normalized spacial score (nSPS) is 13.3. The molecule has 2 amide bonds. The third-order valence-electron chi connectivity index (χ3n) is 6.28. The number of aromatic nitrogens is 4. The summed E-state index contributed by atoms with van der Waals surface area (Å²) in [4.78, 5) is 24.1. The molecular weight excluding hydrogens is 454 g/mol. The Morgan fingerprint density at radius 1 is 1.17 bits per heavy atom. The summed E-state index contributed by atoms with van der Waals surface area (Å²) in [6.07, 6.45) is 6.17. The summed E-state index contributed by atoms with van der Waals surface area (Å²) < 4.78 is 8.24. The number of rotatable bonds is 7. The van der Waals surface area contributed by atoms with Crippen LogP contribution in [0.3, 0.4) is 0 Å². The molecule has 1 saturated carbocycles. The minimum absolute atomic E-state index is 0.0479. The van der Waals surface area contributed by atoms with Crippen LogP contribution in [0.1, 0.15) is 50.5 Å². The number of fused-ring (bicyclic) bond motifs is 1. The van der Waals surface area contributed by atoms with Gasteiger partial charge in [-0.1, -0.05) is 12.1 Å². The van der Waals surface area contributed by atoms with Crippen molar-refractivity contribution in [1.82, 2.24) is 24.8 Å². The maximum atomic E-state index is 12.1. The van der Waals surface area contributed by atoms with E-state index in [1.165, 1.54) is 12.7 Å². The molecule has 2 heterocycles. The molecule has 0 unspecified atom stereocenters. The van der Waals surface area contributed by atoms with Gasteiger partial charge in [0.15, 0.2) is 5.82 Å². The van der Waals surface area contributed by atoms with Gasteiger partial charge in [-0.3, -0.25) is 0 Å². The van der Waals surface area contributed by atoms with Crippen LogP contribution < -0.4 is 15.4 Å². The van der Waals surface area contributed by atoms with E-state index in [-0.39, 0.29) is 18.7 Å². The first-order chi connectivity index (χ1) is 17.5. The van der Waals surface area contributed by atoms with E-state index < -0.39 is 0 Å². The van der Waals surface area contributed by atoms with Crippen LogP contribution in [0.25, 0.3) is 22.2 Å². The second-order valence-electron chi connectivity index (χ2n) is 9.14. The molecule has 36 heavy (non-hydrogen) atoms. The van der Waals surface area contributed by atoms with Crippen LogP contribution in [0.5, 0.6) is 5.75 Å². The van der Waals surface area contributed by atoms with E-state index in [4.69, 9.17) is 4.74 Å². The summed E-state index contributed by atoms with van der Waals surface area (Å²) in [7, 11) is 0. The number of benzene rings is 2. The molecule has 1 aliphatic carbocycles. The molecule has 9 heteroatoms. The van der Waals surface area contributed by atoms with Gasteiger partial charge in [0.2, 0.25) is 0 Å². The van der Waals surface area contributed by atoms with Gasteiger partial charge in [-0.05, 0) is 62.9 Å². The third kappa shape index (κ3) is 4.70. The summed E-state index contributed by atoms with van der Waals surface area (Å²) in [5.41, 5.74) is 4.12. The topological polar surface area (TPSA) is 118 Å². The van der Waals surface area contributed by atoms with Gasteiger partial charge < -0.3 is 19.9 Å². The zero-order valence-electron chi connectivity index (χ0n) is 20.2. The van der Waals surface area contributed by atoms with Crippen molar-refractivity contribution in [3.8, 4) is 23.1 Å². The van der Waals surface area contributed by atoms with E-state index in [1.54, 1.807) is 0 Å². The lowest BCUT2D eigenvalue weighted by molar-refractivity contribution is 0.250. The maximum absolute atomic E-state index is 12.1. The first-order valence-corrected chi connectivity index (χ1v) is 12.0. The second-order valence-corrected chi connectivity index (χ2v) is 9.14. The van der Waals surface area contributed by atoms with E-state index in [9.17, 15) is 10.1 Å². The number of carbonyl (C=O) groups excluding carboxylic acids is 1. The number of nitrogens with zero attached hydrogens (tertiary/aromatic N) is 5. The Kier molecular flexibility index (Phi) is 6.50. The van der Waals surface area contributed by atoms with Gasteiger partial charge in [0.05, 0.1) is 16.8 Å². The average molecular weight is 482 g/mol. The molecule has 182 valence electrons. The van der Waals surface area contributed by atoms with Gasteiger partial charge in [0, 0.05) is 29.2 Å². The minimum atomic E-state index is -0.247. The predicted molar refractivity (Wildman–Crippen MR) is 136 cm³/mol. The Labute approximate surface area is 209 Å². The zero-order valence-corrected chi connectivity index (χ0v) is 20.2. The lowest BCUT2D eigenvalue weighted by Gasteiger charge is -2.30. The highest BCUT2D eigenvalue weighted by Crippen LogP contribution is 2.43. The van der Waals surface area contributed by atoms with Crippen LogP contribution >= 0.6 is 0 Å². The number of ether oxygens (including phenoxy) is 1. The SMILES string of the molecule is CC(C)NC(=O)Nc1ccc(-c2c(C#N)c3ccc(OCc4ncncn4)cc3n2C2CCC2)cc1. The van der Waals surface area contributed by atoms with E-state index >= 15 is 0 Å². The van der Waals surface area contributed by atoms with Crippen LogP contribution in [0.4, 0.5) is 10.5 Å². The quantitative estimate of drug-likeness (QED) is 0.375. The molecule has 9 nitrogen and oxygen atoms in total. The summed E-state index contributed by atoms with van der Waals surface area (Å²) in [6, 6.07) is 16.0. The lowest BCUT2D eigenvalue weighted by atomic mass is 9.92. The van der Waals surface area contributed by atoms with Crippen molar-refractivity contribution >= 4 is 22.6 Å². The molecule has 0 radical (unpaired) electrons. The van der Waals surface area contributed by atoms with Crippen molar-refractivity contribution in [3.63, 3.8) is 0 Å². The van der Waals surface area contributed by atoms with E-state index in [1.807, 2.05) is 56.3 Å². The van der Waals surface area contributed by atoms with Gasteiger partial charge in [-0.25, -0.2) is 19.7 Å². The molecule has 2 aromatic carbocycles. The summed E-state index contributed by atoms with van der Waals surface area (Å²) >= 11 is 0. The van der Waals surface area contributed by atoms with Crippen molar-refractivity contribution in [2.75, 3.05) is 5.32 Å². The number of amides is 2. The Morgan fingerprint density at radius 3 is 2.56 bits per heavy atom. The monoisotopic (exact) mass is 481 g/mol. The number of carbonyl (C=O) groups is 1. The van der Waals surface area contributed by atoms with Gasteiger partial charge in [0.25, 0.3) is 0 Å². The molecule has 2 aromatic heterocycles. The van der Waals surface area contributed by atoms with Crippen LogP contribution in [0, 0.1) is 11.3 Å². The van der Waals surface area contributed by atoms with E-state index in [0.29, 0.717) is 28.9 Å². The van der Waals surface area contributed by atoms with Gasteiger partial charge in [-0.15, -0.1) is 0 Å². The van der Waals surface area contributed by atoms with E-state index in [0.717, 1.165) is 41.4 Å². The molecule has 4 aromatic rings. The highest BCUT2D eigenvalue weighted by atomic mass is 16.5. The highest BCUT2D eigenvalue weighted by Gasteiger charge is 2.28. The summed E-state index contributed by atoms with van der Waals surface area (Å²) in [5.74, 6) is 1.24. The molecule has 0 atom stereocenters. The molecule has 0 bridgehead atoms. The minimum Gasteiger partial charge on any atom is -0.486 e. The Morgan fingerprint density at radius 2 is 1.92 bits per heavy atom. The number of urea groups is 1. The fourth-order valence-electron chi connectivity index (χ4n) is 4.43. The second kappa shape index (κ2) is 10.0. The highest BCUT2D eigenvalue weighted by molar-refractivity contribution is 5.96. The number of nitrogens with one attached hydrogen (secondary N) is 2. The smallest absolute Gasteiger partial charge is 0.319 e. The number of nitriles is 1. The molecule has 2 N–H and O–H groups in total. The Bertz CT molecular complexity index is 1420. The number of hydrogen-bond donors (Lipinski definition) is 2. The first kappa shape index (κ1) is 23.3. The fourth-order valence-corrected chi connectivity index (χ4v) is 4.43. The molecule has 1 fully saturated rings. The lowest BCUT2D eigenvalue weighted by Crippen LogP contribution is -2.34. The van der Waals surface area contributed by atoms with Crippen molar-refractivity contribution in [1.29, 1.82) is 5.26 Å². The van der Waals surface area contributed by atoms with E-state index in [2.05, 4.69) is 36.2 Å². The largest absolute Gasteiger partial charge is 0.486 e. The number of anilines is 1. The molecule has 0 aliphatic heterocycles. The van der Waals surface area contributed by atoms with Gasteiger partial charge in [0.1, 0.15) is 31.1 Å². The van der Waals surface area contributed by atoms with Crippen LogP contribution in [-0.4, -0.2) is 31.6 Å². The molecule has 0 saturated heterocycles. The summed E-state index contributed by atoms with van der Waals surface area (Å²) in [6.45, 7) is 4.05. The standard InChI is InChI=1S/C27H27N7O2/c1-17(2)32-27(35)33-19-8-6-18(7-9-19)26-23(13-28)22-11-10-21(36-14-25-30-15-29-16-31-25)12-24(22)34(26)20-4-3-5-20/h6-12,15-17,20H,3-5,14H2,1-2H3,(H2,32,33,35). The maximum Gasteiger partial charge on any atom is 0.319 e. The molecule has 1 aliphatic rings. The zero-order chi connectivity index (χ0) is 25.1. The van der Waals surface area contributed by atoms with Crippen molar-refractivity contribution < 1.29 is 9.53 Å². The van der Waals surface area contributed by atoms with Crippen LogP contribution in [-0.2, 0) is 6.61 Å². The summed E-state index contributed by atoms with van der Waals surface area (Å²) in [5, 5.41) is 16.7. The molecular formula is C27H27N7O2. The Balaban J connectivity index is 1.50. The molecule has 0 spiro atoms. The van der Waals surface area contributed by atoms with Crippen molar-refractivity contribution in [2.24, 2.45) is 0 Å². The first-order valence-electron chi connectivity index (χ1n) is 12.0. The fraction of sp³-hybridized carbons (Fsp3) is 0.296. The number of hydrogen-bond acceptors (Lipinski definition) is 6. The average Bonchev–Trinajstić information content (AvgIpc) is 3.15. The van der Waals surface area contributed by atoms with Crippen molar-refractivity contribution in [2.45, 2.75) is 51.8 Å². The van der Waals surface area contributed by atoms with Crippen LogP contribution in [0.15, 0.2) is 55.1 Å². The van der Waals surface area contributed by atoms with Crippen molar-refractivity contribution in [3.05, 3.63) is 66.5 Å².